The molecule has 4 aromatic rings. The molecule has 0 bridgehead atoms. The number of methoxy groups -OCH3 is 1. The van der Waals surface area contributed by atoms with Crippen LogP contribution < -0.4 is 10.1 Å². The number of hydrogen-bond acceptors (Lipinski definition) is 5. The SMILES string of the molecule is COc1ccccc1CN1C(=O)NC(c2ccc(C)c(C)c2)C(c2nc(-c3cccc(C)c3)no2)=C1C. The average molecular weight is 495 g/mol. The molecule has 0 spiro atoms. The lowest BCUT2D eigenvalue weighted by molar-refractivity contribution is 0.202. The van der Waals surface area contributed by atoms with Crippen LogP contribution in [0.15, 0.2) is 77.0 Å². The first-order valence-electron chi connectivity index (χ1n) is 12.2. The monoisotopic (exact) mass is 494 g/mol. The summed E-state index contributed by atoms with van der Waals surface area (Å²) in [6.07, 6.45) is 0. The quantitative estimate of drug-likeness (QED) is 0.337. The van der Waals surface area contributed by atoms with Crippen molar-refractivity contribution >= 4 is 11.6 Å². The summed E-state index contributed by atoms with van der Waals surface area (Å²) >= 11 is 0. The van der Waals surface area contributed by atoms with Gasteiger partial charge in [0.2, 0.25) is 5.82 Å². The van der Waals surface area contributed by atoms with E-state index in [1.54, 1.807) is 12.0 Å². The highest BCUT2D eigenvalue weighted by atomic mass is 16.5. The van der Waals surface area contributed by atoms with Crippen molar-refractivity contribution in [2.75, 3.05) is 7.11 Å². The van der Waals surface area contributed by atoms with E-state index in [9.17, 15) is 4.79 Å². The van der Waals surface area contributed by atoms with Gasteiger partial charge in [0.15, 0.2) is 0 Å². The Kier molecular flexibility index (Phi) is 6.53. The molecular formula is C30H30N4O3. The number of rotatable bonds is 6. The van der Waals surface area contributed by atoms with Crippen molar-refractivity contribution in [2.45, 2.75) is 40.3 Å². The molecule has 1 atom stereocenters. The Bertz CT molecular complexity index is 1500. The molecule has 0 saturated heterocycles. The van der Waals surface area contributed by atoms with Crippen LogP contribution in [0.25, 0.3) is 17.0 Å². The van der Waals surface area contributed by atoms with Gasteiger partial charge in [0.05, 0.1) is 25.3 Å². The predicted molar refractivity (Wildman–Crippen MR) is 143 cm³/mol. The van der Waals surface area contributed by atoms with Gasteiger partial charge < -0.3 is 14.6 Å². The summed E-state index contributed by atoms with van der Waals surface area (Å²) in [4.78, 5) is 19.9. The van der Waals surface area contributed by atoms with Gasteiger partial charge in [-0.1, -0.05) is 65.3 Å². The lowest BCUT2D eigenvalue weighted by atomic mass is 9.92. The highest BCUT2D eigenvalue weighted by Crippen LogP contribution is 2.39. The molecule has 1 aromatic heterocycles. The number of urea groups is 1. The summed E-state index contributed by atoms with van der Waals surface area (Å²) < 4.78 is 11.4. The van der Waals surface area contributed by atoms with Crippen molar-refractivity contribution in [2.24, 2.45) is 0 Å². The molecule has 2 amide bonds. The molecule has 5 rings (SSSR count). The zero-order chi connectivity index (χ0) is 26.1. The van der Waals surface area contributed by atoms with Crippen LogP contribution in [0.3, 0.4) is 0 Å². The van der Waals surface area contributed by atoms with Crippen LogP contribution in [0, 0.1) is 20.8 Å². The third kappa shape index (κ3) is 4.72. The van der Waals surface area contributed by atoms with E-state index < -0.39 is 6.04 Å². The minimum atomic E-state index is -0.438. The molecule has 0 fully saturated rings. The minimum absolute atomic E-state index is 0.200. The van der Waals surface area contributed by atoms with Crippen molar-refractivity contribution in [1.82, 2.24) is 20.4 Å². The molecule has 37 heavy (non-hydrogen) atoms. The van der Waals surface area contributed by atoms with Gasteiger partial charge in [-0.15, -0.1) is 0 Å². The topological polar surface area (TPSA) is 80.5 Å². The van der Waals surface area contributed by atoms with Crippen LogP contribution in [0.5, 0.6) is 5.75 Å². The molecule has 0 radical (unpaired) electrons. The van der Waals surface area contributed by atoms with Crippen LogP contribution >= 0.6 is 0 Å². The van der Waals surface area contributed by atoms with E-state index in [0.29, 0.717) is 18.3 Å². The molecule has 188 valence electrons. The van der Waals surface area contributed by atoms with E-state index in [-0.39, 0.29) is 6.03 Å². The maximum absolute atomic E-state index is 13.5. The Morgan fingerprint density at radius 1 is 0.973 bits per heavy atom. The second-order valence-electron chi connectivity index (χ2n) is 9.42. The normalized spacial score (nSPS) is 15.6. The van der Waals surface area contributed by atoms with Gasteiger partial charge >= 0.3 is 6.03 Å². The fourth-order valence-electron chi connectivity index (χ4n) is 4.68. The molecule has 1 unspecified atom stereocenters. The van der Waals surface area contributed by atoms with E-state index in [2.05, 4.69) is 36.5 Å². The van der Waals surface area contributed by atoms with Crippen molar-refractivity contribution in [3.8, 4) is 17.1 Å². The number of ether oxygens (including phenoxy) is 1. The summed E-state index contributed by atoms with van der Waals surface area (Å²) in [5.74, 6) is 1.61. The number of allylic oxidation sites excluding steroid dienone is 1. The van der Waals surface area contributed by atoms with Gasteiger partial charge in [0.25, 0.3) is 5.89 Å². The van der Waals surface area contributed by atoms with Crippen molar-refractivity contribution in [1.29, 1.82) is 0 Å². The van der Waals surface area contributed by atoms with Gasteiger partial charge in [-0.25, -0.2) is 4.79 Å². The second-order valence-corrected chi connectivity index (χ2v) is 9.42. The van der Waals surface area contributed by atoms with E-state index in [4.69, 9.17) is 14.2 Å². The molecule has 0 aliphatic carbocycles. The van der Waals surface area contributed by atoms with Crippen LogP contribution in [-0.2, 0) is 6.54 Å². The van der Waals surface area contributed by atoms with Crippen LogP contribution in [0.4, 0.5) is 4.79 Å². The molecule has 2 heterocycles. The van der Waals surface area contributed by atoms with Crippen LogP contribution in [0.1, 0.15) is 46.7 Å². The molecule has 7 heteroatoms. The lowest BCUT2D eigenvalue weighted by Gasteiger charge is -2.35. The summed E-state index contributed by atoms with van der Waals surface area (Å²) in [5, 5.41) is 7.47. The number of aromatic nitrogens is 2. The molecule has 0 saturated carbocycles. The first-order chi connectivity index (χ1) is 17.9. The summed E-state index contributed by atoms with van der Waals surface area (Å²) in [6, 6.07) is 21.2. The number of aryl methyl sites for hydroxylation is 3. The van der Waals surface area contributed by atoms with Crippen LogP contribution in [0.2, 0.25) is 0 Å². The first-order valence-corrected chi connectivity index (χ1v) is 12.2. The van der Waals surface area contributed by atoms with Gasteiger partial charge in [-0.2, -0.15) is 4.98 Å². The third-order valence-corrected chi connectivity index (χ3v) is 6.91. The van der Waals surface area contributed by atoms with E-state index in [1.807, 2.05) is 68.4 Å². The maximum atomic E-state index is 13.5. The molecule has 1 aliphatic rings. The largest absolute Gasteiger partial charge is 0.496 e. The highest BCUT2D eigenvalue weighted by Gasteiger charge is 2.36. The molecular weight excluding hydrogens is 464 g/mol. The van der Waals surface area contributed by atoms with Crippen molar-refractivity contribution < 1.29 is 14.1 Å². The highest BCUT2D eigenvalue weighted by molar-refractivity contribution is 5.87. The Hall–Kier alpha value is -4.39. The number of carbonyl (C=O) groups excluding carboxylic acids is 1. The second kappa shape index (κ2) is 9.93. The number of nitrogens with one attached hydrogen (secondary N) is 1. The van der Waals surface area contributed by atoms with E-state index in [1.165, 1.54) is 5.56 Å². The number of nitrogens with zero attached hydrogens (tertiary/aromatic N) is 3. The standard InChI is InChI=1S/C30H30N4O3/c1-18-9-8-11-23(15-18)28-32-29(37-33-28)26-21(4)34(17-24-10-6-7-12-25(24)36-5)30(35)31-27(26)22-14-13-19(2)20(3)16-22/h6-16,27H,17H2,1-5H3,(H,31,35). The first kappa shape index (κ1) is 24.3. The Balaban J connectivity index is 1.62. The van der Waals surface area contributed by atoms with Gasteiger partial charge in [0, 0.05) is 16.8 Å². The number of amides is 2. The van der Waals surface area contributed by atoms with Gasteiger partial charge in [-0.05, 0) is 56.5 Å². The number of benzene rings is 3. The zero-order valence-corrected chi connectivity index (χ0v) is 21.7. The minimum Gasteiger partial charge on any atom is -0.496 e. The third-order valence-electron chi connectivity index (χ3n) is 6.91. The average Bonchev–Trinajstić information content (AvgIpc) is 3.38. The van der Waals surface area contributed by atoms with E-state index in [0.717, 1.165) is 44.8 Å². The van der Waals surface area contributed by atoms with Crippen molar-refractivity contribution in [3.05, 3.63) is 106 Å². The molecule has 3 aromatic carbocycles. The maximum Gasteiger partial charge on any atom is 0.322 e. The number of carbonyl (C=O) groups is 1. The Morgan fingerprint density at radius 3 is 2.54 bits per heavy atom. The smallest absolute Gasteiger partial charge is 0.322 e. The van der Waals surface area contributed by atoms with Crippen molar-refractivity contribution in [3.63, 3.8) is 0 Å². The summed E-state index contributed by atoms with van der Waals surface area (Å²) in [5.41, 5.74) is 7.69. The lowest BCUT2D eigenvalue weighted by Crippen LogP contribution is -2.45. The number of hydrogen-bond donors (Lipinski definition) is 1. The van der Waals surface area contributed by atoms with Gasteiger partial charge in [-0.3, -0.25) is 4.90 Å². The Labute approximate surface area is 216 Å². The fourth-order valence-corrected chi connectivity index (χ4v) is 4.68. The van der Waals surface area contributed by atoms with Crippen LogP contribution in [-0.4, -0.2) is 28.2 Å². The van der Waals surface area contributed by atoms with Gasteiger partial charge in [0.1, 0.15) is 5.75 Å². The zero-order valence-electron chi connectivity index (χ0n) is 21.7. The summed E-state index contributed by atoms with van der Waals surface area (Å²) in [6.45, 7) is 8.43. The molecule has 1 aliphatic heterocycles. The molecule has 7 nitrogen and oxygen atoms in total. The fraction of sp³-hybridized carbons (Fsp3) is 0.233. The molecule has 1 N–H and O–H groups in total. The Morgan fingerprint density at radius 2 is 1.78 bits per heavy atom. The number of para-hydroxylation sites is 1. The van der Waals surface area contributed by atoms with E-state index >= 15 is 0 Å². The summed E-state index contributed by atoms with van der Waals surface area (Å²) in [7, 11) is 1.63. The predicted octanol–water partition coefficient (Wildman–Crippen LogP) is 6.37.